The van der Waals surface area contributed by atoms with E-state index in [9.17, 15) is 4.39 Å². The number of nitrogens with zero attached hydrogens (tertiary/aromatic N) is 2. The molecule has 15 heavy (non-hydrogen) atoms. The van der Waals surface area contributed by atoms with Crippen molar-refractivity contribution in [1.82, 2.24) is 4.98 Å². The first-order valence-corrected chi connectivity index (χ1v) is 5.93. The quantitative estimate of drug-likeness (QED) is 0.751. The van der Waals surface area contributed by atoms with Crippen molar-refractivity contribution in [2.24, 2.45) is 0 Å². The molecule has 0 atom stereocenters. The van der Waals surface area contributed by atoms with Crippen LogP contribution in [0.1, 0.15) is 5.69 Å². The van der Waals surface area contributed by atoms with Crippen LogP contribution in [0.3, 0.4) is 0 Å². The van der Waals surface area contributed by atoms with E-state index in [1.54, 1.807) is 18.2 Å². The Morgan fingerprint density at radius 1 is 1.40 bits per heavy atom. The highest BCUT2D eigenvalue weighted by Gasteiger charge is 2.14. The van der Waals surface area contributed by atoms with Crippen LogP contribution in [0.2, 0.25) is 0 Å². The number of rotatable bonds is 1. The van der Waals surface area contributed by atoms with Crippen molar-refractivity contribution >= 4 is 33.9 Å². The van der Waals surface area contributed by atoms with Gasteiger partial charge in [-0.05, 0) is 28.7 Å². The molecule has 5 heteroatoms. The standard InChI is InChI=1S/C10H4FIN2S/c11-7-4-2-1-3-6(7)9-8(5-13)14-10(12)15-9/h1-4H. The van der Waals surface area contributed by atoms with Crippen molar-refractivity contribution in [3.63, 3.8) is 0 Å². The summed E-state index contributed by atoms with van der Waals surface area (Å²) in [4.78, 5) is 4.62. The highest BCUT2D eigenvalue weighted by molar-refractivity contribution is 14.1. The van der Waals surface area contributed by atoms with Gasteiger partial charge in [-0.2, -0.15) is 5.26 Å². The summed E-state index contributed by atoms with van der Waals surface area (Å²) < 4.78 is 14.2. The minimum Gasteiger partial charge on any atom is -0.219 e. The van der Waals surface area contributed by atoms with Crippen molar-refractivity contribution in [3.8, 4) is 16.5 Å². The number of nitriles is 1. The Hall–Kier alpha value is -1.00. The maximum absolute atomic E-state index is 13.5. The third kappa shape index (κ3) is 2.01. The molecule has 2 aromatic rings. The van der Waals surface area contributed by atoms with E-state index in [1.807, 2.05) is 28.7 Å². The maximum Gasteiger partial charge on any atom is 0.160 e. The van der Waals surface area contributed by atoms with Gasteiger partial charge in [0.1, 0.15) is 11.9 Å². The second kappa shape index (κ2) is 4.24. The van der Waals surface area contributed by atoms with Crippen LogP contribution in [0.4, 0.5) is 4.39 Å². The summed E-state index contributed by atoms with van der Waals surface area (Å²) >= 11 is 3.34. The molecular formula is C10H4FIN2S. The first-order valence-electron chi connectivity index (χ1n) is 4.03. The Morgan fingerprint density at radius 3 is 2.80 bits per heavy atom. The summed E-state index contributed by atoms with van der Waals surface area (Å²) in [5.41, 5.74) is 0.726. The molecule has 0 saturated carbocycles. The molecule has 0 bridgehead atoms. The highest BCUT2D eigenvalue weighted by atomic mass is 127. The molecule has 1 aromatic carbocycles. The van der Waals surface area contributed by atoms with E-state index in [0.29, 0.717) is 10.4 Å². The summed E-state index contributed by atoms with van der Waals surface area (Å²) in [6.45, 7) is 0. The molecule has 0 unspecified atom stereocenters. The molecule has 1 heterocycles. The number of halogens is 2. The normalized spacial score (nSPS) is 9.93. The van der Waals surface area contributed by atoms with Crippen LogP contribution in [0, 0.1) is 20.2 Å². The molecule has 0 N–H and O–H groups in total. The van der Waals surface area contributed by atoms with Crippen LogP contribution < -0.4 is 0 Å². The smallest absolute Gasteiger partial charge is 0.160 e. The lowest BCUT2D eigenvalue weighted by molar-refractivity contribution is 0.631. The van der Waals surface area contributed by atoms with Gasteiger partial charge >= 0.3 is 0 Å². The third-order valence-electron chi connectivity index (χ3n) is 1.83. The average molecular weight is 330 g/mol. The molecule has 2 rings (SSSR count). The molecule has 1 aromatic heterocycles. The van der Waals surface area contributed by atoms with Gasteiger partial charge in [-0.1, -0.05) is 18.2 Å². The van der Waals surface area contributed by atoms with Gasteiger partial charge in [0.25, 0.3) is 0 Å². The maximum atomic E-state index is 13.5. The Balaban J connectivity index is 2.65. The van der Waals surface area contributed by atoms with Crippen LogP contribution in [-0.4, -0.2) is 4.98 Å². The fourth-order valence-electron chi connectivity index (χ4n) is 1.20. The summed E-state index contributed by atoms with van der Waals surface area (Å²) in [5.74, 6) is -0.325. The average Bonchev–Trinajstić information content (AvgIpc) is 2.60. The minimum atomic E-state index is -0.325. The molecule has 0 spiro atoms. The van der Waals surface area contributed by atoms with E-state index in [1.165, 1.54) is 17.4 Å². The van der Waals surface area contributed by atoms with Crippen LogP contribution >= 0.6 is 33.9 Å². The molecule has 0 saturated heterocycles. The van der Waals surface area contributed by atoms with E-state index in [4.69, 9.17) is 5.26 Å². The molecule has 74 valence electrons. The van der Waals surface area contributed by atoms with E-state index in [2.05, 4.69) is 4.98 Å². The molecular weight excluding hydrogens is 326 g/mol. The largest absolute Gasteiger partial charge is 0.219 e. The number of benzene rings is 1. The van der Waals surface area contributed by atoms with Crippen molar-refractivity contribution in [3.05, 3.63) is 38.8 Å². The molecule has 0 aliphatic heterocycles. The summed E-state index contributed by atoms with van der Waals surface area (Å²) in [5, 5.41) is 8.85. The highest BCUT2D eigenvalue weighted by Crippen LogP contribution is 2.32. The van der Waals surface area contributed by atoms with Gasteiger partial charge in [0.2, 0.25) is 0 Å². The zero-order valence-electron chi connectivity index (χ0n) is 7.37. The fraction of sp³-hybridized carbons (Fsp3) is 0. The predicted molar refractivity (Wildman–Crippen MR) is 64.9 cm³/mol. The zero-order chi connectivity index (χ0) is 10.8. The lowest BCUT2D eigenvalue weighted by Gasteiger charge is -1.98. The predicted octanol–water partition coefficient (Wildman–Crippen LogP) is 3.43. The Morgan fingerprint density at radius 2 is 2.13 bits per heavy atom. The van der Waals surface area contributed by atoms with Crippen LogP contribution in [0.25, 0.3) is 10.4 Å². The zero-order valence-corrected chi connectivity index (χ0v) is 10.3. The van der Waals surface area contributed by atoms with Crippen LogP contribution in [0.5, 0.6) is 0 Å². The van der Waals surface area contributed by atoms with Gasteiger partial charge in [0.15, 0.2) is 8.71 Å². The number of thiazole rings is 1. The van der Waals surface area contributed by atoms with Crippen LogP contribution in [-0.2, 0) is 0 Å². The van der Waals surface area contributed by atoms with E-state index >= 15 is 0 Å². The fourth-order valence-corrected chi connectivity index (χ4v) is 2.87. The number of aromatic nitrogens is 1. The first kappa shape index (κ1) is 10.5. The second-order valence-corrected chi connectivity index (χ2v) is 5.49. The first-order chi connectivity index (χ1) is 7.22. The Labute approximate surface area is 104 Å². The SMILES string of the molecule is N#Cc1nc(I)sc1-c1ccccc1F. The van der Waals surface area contributed by atoms with Crippen molar-refractivity contribution in [1.29, 1.82) is 5.26 Å². The van der Waals surface area contributed by atoms with E-state index in [-0.39, 0.29) is 11.5 Å². The Kier molecular flexibility index (Phi) is 2.98. The van der Waals surface area contributed by atoms with Crippen molar-refractivity contribution in [2.45, 2.75) is 0 Å². The minimum absolute atomic E-state index is 0.287. The lowest BCUT2D eigenvalue weighted by Crippen LogP contribution is -1.83. The van der Waals surface area contributed by atoms with Gasteiger partial charge in [-0.25, -0.2) is 9.37 Å². The molecule has 0 fully saturated rings. The third-order valence-corrected chi connectivity index (χ3v) is 3.60. The molecule has 2 nitrogen and oxygen atoms in total. The molecule has 0 aliphatic rings. The van der Waals surface area contributed by atoms with Gasteiger partial charge in [0.05, 0.1) is 4.88 Å². The van der Waals surface area contributed by atoms with Crippen molar-refractivity contribution in [2.75, 3.05) is 0 Å². The second-order valence-electron chi connectivity index (χ2n) is 2.74. The van der Waals surface area contributed by atoms with E-state index in [0.717, 1.165) is 3.01 Å². The van der Waals surface area contributed by atoms with Gasteiger partial charge in [-0.3, -0.25) is 0 Å². The monoisotopic (exact) mass is 330 g/mol. The summed E-state index contributed by atoms with van der Waals surface area (Å²) in [6, 6.07) is 8.36. The Bertz CT molecular complexity index is 545. The van der Waals surface area contributed by atoms with Gasteiger partial charge < -0.3 is 0 Å². The summed E-state index contributed by atoms with van der Waals surface area (Å²) in [7, 11) is 0. The number of hydrogen-bond acceptors (Lipinski definition) is 3. The van der Waals surface area contributed by atoms with Gasteiger partial charge in [-0.15, -0.1) is 11.3 Å². The van der Waals surface area contributed by atoms with Gasteiger partial charge in [0, 0.05) is 5.56 Å². The van der Waals surface area contributed by atoms with E-state index < -0.39 is 0 Å². The summed E-state index contributed by atoms with van der Waals surface area (Å²) in [6.07, 6.45) is 0. The van der Waals surface area contributed by atoms with Crippen LogP contribution in [0.15, 0.2) is 24.3 Å². The molecule has 0 aliphatic carbocycles. The lowest BCUT2D eigenvalue weighted by atomic mass is 10.1. The molecule has 0 radical (unpaired) electrons. The topological polar surface area (TPSA) is 36.7 Å². The van der Waals surface area contributed by atoms with Crippen molar-refractivity contribution < 1.29 is 4.39 Å². The molecule has 0 amide bonds. The number of hydrogen-bond donors (Lipinski definition) is 0.